The summed E-state index contributed by atoms with van der Waals surface area (Å²) in [5, 5.41) is 11.0. The van der Waals surface area contributed by atoms with E-state index in [1.54, 1.807) is 0 Å². The number of carbonyl (C=O) groups excluding carboxylic acids is 1. The fourth-order valence-corrected chi connectivity index (χ4v) is 3.25. The van der Waals surface area contributed by atoms with Gasteiger partial charge in [0.2, 0.25) is 0 Å². The molecule has 1 aromatic carbocycles. The lowest BCUT2D eigenvalue weighted by Gasteiger charge is -2.30. The largest absolute Gasteiger partial charge is 0.348 e. The van der Waals surface area contributed by atoms with E-state index in [1.807, 2.05) is 42.8 Å². The summed E-state index contributed by atoms with van der Waals surface area (Å²) in [6, 6.07) is 10.1. The molecule has 0 bridgehead atoms. The Morgan fingerprint density at radius 1 is 1.38 bits per heavy atom. The monoisotopic (exact) mass is 326 g/mol. The van der Waals surface area contributed by atoms with Crippen LogP contribution in [-0.4, -0.2) is 34.8 Å². The summed E-state index contributed by atoms with van der Waals surface area (Å²) in [6.07, 6.45) is 1.10. The van der Waals surface area contributed by atoms with E-state index in [0.717, 1.165) is 36.5 Å². The van der Waals surface area contributed by atoms with E-state index >= 15 is 0 Å². The van der Waals surface area contributed by atoms with Gasteiger partial charge in [-0.25, -0.2) is 0 Å². The Balaban J connectivity index is 1.70. The number of nitrogens with zero attached hydrogens (tertiary/aromatic N) is 2. The summed E-state index contributed by atoms with van der Waals surface area (Å²) in [6.45, 7) is 8.80. The standard InChI is InChI=1S/C19H26N4O/c1-13-7-8-20-11-18(13)21-19(24)17-6-4-5-16(10-17)12-23-15(3)9-14(2)22-23/h4-6,9-10,13,18,20H,7-8,11-12H2,1-3H3,(H,21,24). The molecule has 5 heteroatoms. The van der Waals surface area contributed by atoms with Crippen molar-refractivity contribution in [3.05, 3.63) is 52.8 Å². The van der Waals surface area contributed by atoms with Crippen LogP contribution in [0.15, 0.2) is 30.3 Å². The average Bonchev–Trinajstić information content (AvgIpc) is 2.87. The fourth-order valence-electron chi connectivity index (χ4n) is 3.25. The van der Waals surface area contributed by atoms with Crippen LogP contribution in [0.5, 0.6) is 0 Å². The molecule has 24 heavy (non-hydrogen) atoms. The van der Waals surface area contributed by atoms with Crippen LogP contribution in [0.2, 0.25) is 0 Å². The van der Waals surface area contributed by atoms with Gasteiger partial charge in [0.25, 0.3) is 5.91 Å². The van der Waals surface area contributed by atoms with Gasteiger partial charge >= 0.3 is 0 Å². The molecular formula is C19H26N4O. The number of carbonyl (C=O) groups is 1. The third kappa shape index (κ3) is 3.85. The molecule has 1 aromatic heterocycles. The van der Waals surface area contributed by atoms with Crippen LogP contribution in [0.3, 0.4) is 0 Å². The van der Waals surface area contributed by atoms with E-state index < -0.39 is 0 Å². The number of hydrogen-bond acceptors (Lipinski definition) is 3. The molecule has 2 atom stereocenters. The zero-order valence-electron chi connectivity index (χ0n) is 14.7. The minimum Gasteiger partial charge on any atom is -0.348 e. The first-order valence-corrected chi connectivity index (χ1v) is 8.64. The van der Waals surface area contributed by atoms with E-state index in [4.69, 9.17) is 0 Å². The molecule has 0 saturated carbocycles. The quantitative estimate of drug-likeness (QED) is 0.906. The van der Waals surface area contributed by atoms with Gasteiger partial charge in [0, 0.05) is 23.8 Å². The van der Waals surface area contributed by atoms with Crippen molar-refractivity contribution in [1.29, 1.82) is 0 Å². The van der Waals surface area contributed by atoms with Crippen LogP contribution in [0.4, 0.5) is 0 Å². The molecule has 1 amide bonds. The normalized spacial score (nSPS) is 20.8. The predicted octanol–water partition coefficient (Wildman–Crippen LogP) is 2.28. The molecule has 128 valence electrons. The first-order valence-electron chi connectivity index (χ1n) is 8.64. The molecule has 1 saturated heterocycles. The van der Waals surface area contributed by atoms with Crippen LogP contribution in [0.1, 0.15) is 40.7 Å². The zero-order valence-corrected chi connectivity index (χ0v) is 14.7. The second-order valence-corrected chi connectivity index (χ2v) is 6.84. The molecule has 2 heterocycles. The minimum absolute atomic E-state index is 0.00534. The van der Waals surface area contributed by atoms with Gasteiger partial charge < -0.3 is 10.6 Å². The Morgan fingerprint density at radius 2 is 2.21 bits per heavy atom. The Bertz CT molecular complexity index is 722. The fraction of sp³-hybridized carbons (Fsp3) is 0.474. The maximum Gasteiger partial charge on any atom is 0.251 e. The number of benzene rings is 1. The Kier molecular flexibility index (Phi) is 5.00. The molecule has 2 aromatic rings. The van der Waals surface area contributed by atoms with Gasteiger partial charge in [-0.1, -0.05) is 19.1 Å². The third-order valence-electron chi connectivity index (χ3n) is 4.77. The van der Waals surface area contributed by atoms with E-state index in [2.05, 4.69) is 28.7 Å². The number of aryl methyl sites for hydroxylation is 2. The summed E-state index contributed by atoms with van der Waals surface area (Å²) in [7, 11) is 0. The van der Waals surface area contributed by atoms with E-state index in [9.17, 15) is 4.79 Å². The number of piperidine rings is 1. The van der Waals surface area contributed by atoms with E-state index in [0.29, 0.717) is 18.0 Å². The summed E-state index contributed by atoms with van der Waals surface area (Å²) in [5.74, 6) is 0.513. The maximum absolute atomic E-state index is 12.6. The maximum atomic E-state index is 12.6. The Morgan fingerprint density at radius 3 is 2.92 bits per heavy atom. The van der Waals surface area contributed by atoms with Crippen LogP contribution < -0.4 is 10.6 Å². The Labute approximate surface area is 143 Å². The summed E-state index contributed by atoms with van der Waals surface area (Å²) in [4.78, 5) is 12.6. The number of aromatic nitrogens is 2. The molecule has 0 radical (unpaired) electrons. The van der Waals surface area contributed by atoms with Crippen molar-refractivity contribution in [3.8, 4) is 0 Å². The topological polar surface area (TPSA) is 59.0 Å². The van der Waals surface area contributed by atoms with Gasteiger partial charge in [0.05, 0.1) is 12.2 Å². The zero-order chi connectivity index (χ0) is 17.1. The van der Waals surface area contributed by atoms with Crippen LogP contribution in [-0.2, 0) is 6.54 Å². The van der Waals surface area contributed by atoms with Crippen LogP contribution >= 0.6 is 0 Å². The minimum atomic E-state index is 0.00534. The third-order valence-corrected chi connectivity index (χ3v) is 4.77. The van der Waals surface area contributed by atoms with E-state index in [1.165, 1.54) is 0 Å². The average molecular weight is 326 g/mol. The van der Waals surface area contributed by atoms with Crippen molar-refractivity contribution in [3.63, 3.8) is 0 Å². The lowest BCUT2D eigenvalue weighted by molar-refractivity contribution is 0.0915. The van der Waals surface area contributed by atoms with Crippen molar-refractivity contribution >= 4 is 5.91 Å². The molecule has 1 aliphatic heterocycles. The summed E-state index contributed by atoms with van der Waals surface area (Å²) < 4.78 is 1.97. The van der Waals surface area contributed by atoms with E-state index in [-0.39, 0.29) is 11.9 Å². The highest BCUT2D eigenvalue weighted by Crippen LogP contribution is 2.14. The van der Waals surface area contributed by atoms with Gasteiger partial charge in [-0.2, -0.15) is 5.10 Å². The number of hydrogen-bond donors (Lipinski definition) is 2. The highest BCUT2D eigenvalue weighted by Gasteiger charge is 2.23. The molecule has 1 aliphatic rings. The molecule has 5 nitrogen and oxygen atoms in total. The second kappa shape index (κ2) is 7.18. The summed E-state index contributed by atoms with van der Waals surface area (Å²) in [5.41, 5.74) is 3.94. The molecule has 0 aliphatic carbocycles. The van der Waals surface area contributed by atoms with Gasteiger partial charge in [0.15, 0.2) is 0 Å². The first-order chi connectivity index (χ1) is 11.5. The number of nitrogens with one attached hydrogen (secondary N) is 2. The molecule has 0 spiro atoms. The van der Waals surface area contributed by atoms with Crippen molar-refractivity contribution in [2.75, 3.05) is 13.1 Å². The molecule has 2 N–H and O–H groups in total. The van der Waals surface area contributed by atoms with Gasteiger partial charge in [-0.15, -0.1) is 0 Å². The van der Waals surface area contributed by atoms with Crippen LogP contribution in [0, 0.1) is 19.8 Å². The molecular weight excluding hydrogens is 300 g/mol. The van der Waals surface area contributed by atoms with Crippen molar-refractivity contribution in [1.82, 2.24) is 20.4 Å². The predicted molar refractivity (Wildman–Crippen MR) is 95.1 cm³/mol. The molecule has 1 fully saturated rings. The van der Waals surface area contributed by atoms with Crippen molar-refractivity contribution in [2.24, 2.45) is 5.92 Å². The molecule has 3 rings (SSSR count). The smallest absolute Gasteiger partial charge is 0.251 e. The lowest BCUT2D eigenvalue weighted by atomic mass is 9.94. The SMILES string of the molecule is Cc1cc(C)n(Cc2cccc(C(=O)NC3CNCCC3C)c2)n1. The highest BCUT2D eigenvalue weighted by atomic mass is 16.1. The number of amides is 1. The second-order valence-electron chi connectivity index (χ2n) is 6.84. The summed E-state index contributed by atoms with van der Waals surface area (Å²) >= 11 is 0. The molecule has 2 unspecified atom stereocenters. The first kappa shape index (κ1) is 16.7. The van der Waals surface area contributed by atoms with Crippen LogP contribution in [0.25, 0.3) is 0 Å². The highest BCUT2D eigenvalue weighted by molar-refractivity contribution is 5.94. The van der Waals surface area contributed by atoms with Gasteiger partial charge in [0.1, 0.15) is 0 Å². The van der Waals surface area contributed by atoms with Gasteiger partial charge in [-0.05, 0) is 56.5 Å². The van der Waals surface area contributed by atoms with Crippen molar-refractivity contribution < 1.29 is 4.79 Å². The van der Waals surface area contributed by atoms with Crippen molar-refractivity contribution in [2.45, 2.75) is 39.8 Å². The van der Waals surface area contributed by atoms with Gasteiger partial charge in [-0.3, -0.25) is 9.48 Å². The number of rotatable bonds is 4. The lowest BCUT2D eigenvalue weighted by Crippen LogP contribution is -2.50. The Hall–Kier alpha value is -2.14.